The van der Waals surface area contributed by atoms with E-state index in [-0.39, 0.29) is 5.91 Å². The number of thiophene rings is 1. The fourth-order valence-electron chi connectivity index (χ4n) is 2.02. The summed E-state index contributed by atoms with van der Waals surface area (Å²) in [5.41, 5.74) is 2.53. The molecule has 2 aromatic heterocycles. The number of nitrogens with zero attached hydrogens (tertiary/aromatic N) is 2. The monoisotopic (exact) mass is 313 g/mol. The molecule has 0 fully saturated rings. The minimum atomic E-state index is -0.128. The van der Waals surface area contributed by atoms with E-state index < -0.39 is 0 Å². The Kier molecular flexibility index (Phi) is 3.77. The van der Waals surface area contributed by atoms with Gasteiger partial charge in [0.1, 0.15) is 0 Å². The van der Waals surface area contributed by atoms with Crippen LogP contribution in [0.25, 0.3) is 10.7 Å². The van der Waals surface area contributed by atoms with Gasteiger partial charge >= 0.3 is 0 Å². The van der Waals surface area contributed by atoms with Crippen molar-refractivity contribution in [3.05, 3.63) is 52.2 Å². The Bertz CT molecular complexity index is 818. The van der Waals surface area contributed by atoms with E-state index in [0.717, 1.165) is 21.0 Å². The lowest BCUT2D eigenvalue weighted by Gasteiger charge is -2.04. The van der Waals surface area contributed by atoms with Crippen LogP contribution in [0.15, 0.2) is 34.9 Å². The normalized spacial score (nSPS) is 10.7. The van der Waals surface area contributed by atoms with Crippen molar-refractivity contribution in [3.8, 4) is 10.7 Å². The van der Waals surface area contributed by atoms with Crippen molar-refractivity contribution in [1.82, 2.24) is 10.1 Å². The number of amides is 1. The van der Waals surface area contributed by atoms with Gasteiger partial charge in [-0.3, -0.25) is 4.79 Å². The number of benzene rings is 1. The molecule has 2 heterocycles. The van der Waals surface area contributed by atoms with Crippen molar-refractivity contribution in [3.63, 3.8) is 0 Å². The van der Waals surface area contributed by atoms with Gasteiger partial charge in [-0.2, -0.15) is 4.98 Å². The number of carbonyl (C=O) groups is 1. The van der Waals surface area contributed by atoms with Gasteiger partial charge in [-0.25, -0.2) is 0 Å². The molecule has 5 nitrogen and oxygen atoms in total. The Morgan fingerprint density at radius 2 is 1.91 bits per heavy atom. The van der Waals surface area contributed by atoms with Gasteiger partial charge in [-0.15, -0.1) is 11.3 Å². The van der Waals surface area contributed by atoms with Gasteiger partial charge in [0.05, 0.1) is 10.6 Å². The summed E-state index contributed by atoms with van der Waals surface area (Å²) in [5.74, 6) is 0.935. The van der Waals surface area contributed by atoms with Crippen molar-refractivity contribution < 1.29 is 9.32 Å². The van der Waals surface area contributed by atoms with E-state index in [0.29, 0.717) is 17.3 Å². The molecular weight excluding hydrogens is 298 g/mol. The third-order valence-corrected chi connectivity index (χ3v) is 4.27. The zero-order chi connectivity index (χ0) is 15.7. The SMILES string of the molecule is Cc1ccc(C(=O)Nc2cc(-c3noc(C)n3)sc2C)cc1. The van der Waals surface area contributed by atoms with Crippen molar-refractivity contribution in [2.45, 2.75) is 20.8 Å². The first-order valence-electron chi connectivity index (χ1n) is 6.82. The molecule has 0 saturated carbocycles. The number of aryl methyl sites for hydroxylation is 3. The Balaban J connectivity index is 1.82. The summed E-state index contributed by atoms with van der Waals surface area (Å²) in [6.45, 7) is 5.69. The fraction of sp³-hybridized carbons (Fsp3) is 0.188. The number of carbonyl (C=O) groups excluding carboxylic acids is 1. The van der Waals surface area contributed by atoms with Crippen LogP contribution in [0.1, 0.15) is 26.7 Å². The molecule has 3 rings (SSSR count). The molecular formula is C16H15N3O2S. The highest BCUT2D eigenvalue weighted by Crippen LogP contribution is 2.32. The van der Waals surface area contributed by atoms with Gasteiger partial charge in [0.25, 0.3) is 5.91 Å². The first-order valence-corrected chi connectivity index (χ1v) is 7.64. The number of aromatic nitrogens is 2. The molecule has 0 atom stereocenters. The molecule has 6 heteroatoms. The van der Waals surface area contributed by atoms with Gasteiger partial charge in [0.15, 0.2) is 0 Å². The number of hydrogen-bond acceptors (Lipinski definition) is 5. The highest BCUT2D eigenvalue weighted by atomic mass is 32.1. The maximum atomic E-state index is 12.3. The molecule has 0 radical (unpaired) electrons. The molecule has 22 heavy (non-hydrogen) atoms. The fourth-order valence-corrected chi connectivity index (χ4v) is 2.92. The van der Waals surface area contributed by atoms with E-state index in [1.807, 2.05) is 44.2 Å². The Labute approximate surface area is 132 Å². The number of hydrogen-bond donors (Lipinski definition) is 1. The predicted molar refractivity (Wildman–Crippen MR) is 86.2 cm³/mol. The van der Waals surface area contributed by atoms with E-state index in [2.05, 4.69) is 15.5 Å². The van der Waals surface area contributed by atoms with Crippen LogP contribution in [-0.2, 0) is 0 Å². The summed E-state index contributed by atoms with van der Waals surface area (Å²) in [6, 6.07) is 9.34. The number of nitrogens with one attached hydrogen (secondary N) is 1. The lowest BCUT2D eigenvalue weighted by molar-refractivity contribution is 0.102. The first-order chi connectivity index (χ1) is 10.5. The summed E-state index contributed by atoms with van der Waals surface area (Å²) < 4.78 is 4.99. The largest absolute Gasteiger partial charge is 0.339 e. The maximum absolute atomic E-state index is 12.3. The van der Waals surface area contributed by atoms with Crippen molar-refractivity contribution in [1.29, 1.82) is 0 Å². The van der Waals surface area contributed by atoms with Crippen LogP contribution in [0.5, 0.6) is 0 Å². The van der Waals surface area contributed by atoms with Gasteiger partial charge in [-0.1, -0.05) is 22.9 Å². The molecule has 112 valence electrons. The molecule has 0 aliphatic carbocycles. The lowest BCUT2D eigenvalue weighted by atomic mass is 10.1. The summed E-state index contributed by atoms with van der Waals surface area (Å²) in [7, 11) is 0. The number of rotatable bonds is 3. The third kappa shape index (κ3) is 2.92. The lowest BCUT2D eigenvalue weighted by Crippen LogP contribution is -2.11. The molecule has 3 aromatic rings. The Morgan fingerprint density at radius 1 is 1.18 bits per heavy atom. The van der Waals surface area contributed by atoms with Crippen LogP contribution in [0.4, 0.5) is 5.69 Å². The second-order valence-electron chi connectivity index (χ2n) is 5.04. The molecule has 0 aliphatic heterocycles. The van der Waals surface area contributed by atoms with E-state index in [1.54, 1.807) is 6.92 Å². The molecule has 1 N–H and O–H groups in total. The van der Waals surface area contributed by atoms with E-state index in [1.165, 1.54) is 11.3 Å². The van der Waals surface area contributed by atoms with Crippen LogP contribution in [0.2, 0.25) is 0 Å². The average molecular weight is 313 g/mol. The third-order valence-electron chi connectivity index (χ3n) is 3.23. The van der Waals surface area contributed by atoms with Crippen molar-refractivity contribution in [2.75, 3.05) is 5.32 Å². The zero-order valence-corrected chi connectivity index (χ0v) is 13.3. The molecule has 0 spiro atoms. The van der Waals surface area contributed by atoms with Crippen LogP contribution < -0.4 is 5.32 Å². The molecule has 0 saturated heterocycles. The summed E-state index contributed by atoms with van der Waals surface area (Å²) in [4.78, 5) is 18.3. The van der Waals surface area contributed by atoms with E-state index >= 15 is 0 Å². The molecule has 0 unspecified atom stereocenters. The van der Waals surface area contributed by atoms with Crippen LogP contribution in [0.3, 0.4) is 0 Å². The van der Waals surface area contributed by atoms with Crippen molar-refractivity contribution in [2.24, 2.45) is 0 Å². The summed E-state index contributed by atoms with van der Waals surface area (Å²) in [5, 5.41) is 6.83. The van der Waals surface area contributed by atoms with Crippen LogP contribution in [0, 0.1) is 20.8 Å². The van der Waals surface area contributed by atoms with Crippen molar-refractivity contribution >= 4 is 22.9 Å². The predicted octanol–water partition coefficient (Wildman–Crippen LogP) is 3.98. The van der Waals surface area contributed by atoms with Gasteiger partial charge < -0.3 is 9.84 Å². The Hall–Kier alpha value is -2.47. The van der Waals surface area contributed by atoms with Crippen LogP contribution >= 0.6 is 11.3 Å². The topological polar surface area (TPSA) is 68.0 Å². The Morgan fingerprint density at radius 3 is 2.55 bits per heavy atom. The number of anilines is 1. The molecule has 1 amide bonds. The summed E-state index contributed by atoms with van der Waals surface area (Å²) >= 11 is 1.52. The second kappa shape index (κ2) is 5.73. The molecule has 1 aromatic carbocycles. The zero-order valence-electron chi connectivity index (χ0n) is 12.5. The van der Waals surface area contributed by atoms with E-state index in [4.69, 9.17) is 4.52 Å². The van der Waals surface area contributed by atoms with Gasteiger partial charge in [0.2, 0.25) is 11.7 Å². The first kappa shape index (κ1) is 14.5. The second-order valence-corrected chi connectivity index (χ2v) is 6.29. The highest BCUT2D eigenvalue weighted by Gasteiger charge is 2.14. The van der Waals surface area contributed by atoms with E-state index in [9.17, 15) is 4.79 Å². The smallest absolute Gasteiger partial charge is 0.255 e. The minimum Gasteiger partial charge on any atom is -0.339 e. The molecule has 0 aliphatic rings. The summed E-state index contributed by atoms with van der Waals surface area (Å²) in [6.07, 6.45) is 0. The quantitative estimate of drug-likeness (QED) is 0.794. The van der Waals surface area contributed by atoms with Gasteiger partial charge in [0, 0.05) is 17.4 Å². The minimum absolute atomic E-state index is 0.128. The highest BCUT2D eigenvalue weighted by molar-refractivity contribution is 7.16. The maximum Gasteiger partial charge on any atom is 0.255 e. The molecule has 0 bridgehead atoms. The van der Waals surface area contributed by atoms with Crippen LogP contribution in [-0.4, -0.2) is 16.0 Å². The standard InChI is InChI=1S/C16H15N3O2S/c1-9-4-6-12(7-5-9)16(20)18-13-8-14(22-10(13)2)15-17-11(3)21-19-15/h4-8H,1-3H3,(H,18,20). The average Bonchev–Trinajstić information content (AvgIpc) is 3.06. The van der Waals surface area contributed by atoms with Gasteiger partial charge in [-0.05, 0) is 32.0 Å².